The van der Waals surface area contributed by atoms with Crippen LogP contribution in [0, 0.1) is 0 Å². The third-order valence-corrected chi connectivity index (χ3v) is 5.69. The number of amides is 1. The van der Waals surface area contributed by atoms with Crippen molar-refractivity contribution >= 4 is 38.8 Å². The second-order valence-corrected chi connectivity index (χ2v) is 7.59. The number of nitrogens with zero attached hydrogens (tertiary/aromatic N) is 1. The van der Waals surface area contributed by atoms with E-state index in [0.29, 0.717) is 35.0 Å². The molecule has 0 heterocycles. The monoisotopic (exact) mass is 500 g/mol. The minimum Gasteiger partial charge on any atom is -0.496 e. The first-order valence-electron chi connectivity index (χ1n) is 9.99. The van der Waals surface area contributed by atoms with Gasteiger partial charge in [0.1, 0.15) is 11.5 Å². The standard InChI is InChI=1S/C24H25BrN2O5/c1-5-18(32-19-11-10-15-8-6-7-9-17(15)23(19)25)24(28)27-26-14-16-12-21(30-3)22(31-4)13-20(16)29-2/h6-14,18H,5H2,1-4H3,(H,27,28)/b26-14-/t18-/m1/s1. The van der Waals surface area contributed by atoms with Gasteiger partial charge in [-0.15, -0.1) is 0 Å². The quantitative estimate of drug-likeness (QED) is 0.332. The number of carbonyl (C=O) groups is 1. The summed E-state index contributed by atoms with van der Waals surface area (Å²) in [4.78, 5) is 12.7. The number of nitrogens with one attached hydrogen (secondary N) is 1. The predicted molar refractivity (Wildman–Crippen MR) is 128 cm³/mol. The van der Waals surface area contributed by atoms with Crippen LogP contribution in [0.25, 0.3) is 10.8 Å². The Kier molecular flexibility index (Phi) is 7.94. The summed E-state index contributed by atoms with van der Waals surface area (Å²) in [6.45, 7) is 1.88. The lowest BCUT2D eigenvalue weighted by Gasteiger charge is -2.17. The van der Waals surface area contributed by atoms with E-state index in [0.717, 1.165) is 15.2 Å². The Hall–Kier alpha value is -3.26. The number of carbonyl (C=O) groups excluding carboxylic acids is 1. The lowest BCUT2D eigenvalue weighted by atomic mass is 10.1. The average molecular weight is 501 g/mol. The Bertz CT molecular complexity index is 1130. The highest BCUT2D eigenvalue weighted by Crippen LogP contribution is 2.35. The van der Waals surface area contributed by atoms with Gasteiger partial charge in [0.2, 0.25) is 0 Å². The first-order chi connectivity index (χ1) is 15.5. The van der Waals surface area contributed by atoms with Gasteiger partial charge in [-0.2, -0.15) is 5.10 Å². The van der Waals surface area contributed by atoms with Crippen LogP contribution in [0.5, 0.6) is 23.0 Å². The Balaban J connectivity index is 1.73. The average Bonchev–Trinajstić information content (AvgIpc) is 2.83. The van der Waals surface area contributed by atoms with Crippen molar-refractivity contribution in [1.29, 1.82) is 0 Å². The lowest BCUT2D eigenvalue weighted by molar-refractivity contribution is -0.128. The fourth-order valence-corrected chi connectivity index (χ4v) is 3.76. The number of hydrogen-bond donors (Lipinski definition) is 1. The van der Waals surface area contributed by atoms with Crippen molar-refractivity contribution in [3.8, 4) is 23.0 Å². The molecule has 168 valence electrons. The summed E-state index contributed by atoms with van der Waals surface area (Å²) in [5.41, 5.74) is 3.16. The molecule has 32 heavy (non-hydrogen) atoms. The van der Waals surface area contributed by atoms with Crippen molar-refractivity contribution in [3.63, 3.8) is 0 Å². The van der Waals surface area contributed by atoms with Crippen LogP contribution in [-0.4, -0.2) is 39.6 Å². The topological polar surface area (TPSA) is 78.4 Å². The summed E-state index contributed by atoms with van der Waals surface area (Å²) in [5, 5.41) is 6.17. The highest BCUT2D eigenvalue weighted by atomic mass is 79.9. The minimum absolute atomic E-state index is 0.358. The van der Waals surface area contributed by atoms with Crippen LogP contribution in [0.3, 0.4) is 0 Å². The van der Waals surface area contributed by atoms with Crippen LogP contribution in [-0.2, 0) is 4.79 Å². The summed E-state index contributed by atoms with van der Waals surface area (Å²) < 4.78 is 22.8. The molecule has 0 aliphatic carbocycles. The summed E-state index contributed by atoms with van der Waals surface area (Å²) in [6, 6.07) is 15.2. The molecular formula is C24H25BrN2O5. The van der Waals surface area contributed by atoms with Crippen LogP contribution in [0.1, 0.15) is 18.9 Å². The van der Waals surface area contributed by atoms with E-state index >= 15 is 0 Å². The second-order valence-electron chi connectivity index (χ2n) is 6.80. The van der Waals surface area contributed by atoms with Gasteiger partial charge in [-0.05, 0) is 45.3 Å². The van der Waals surface area contributed by atoms with Gasteiger partial charge in [-0.1, -0.05) is 37.3 Å². The predicted octanol–water partition coefficient (Wildman–Crippen LogP) is 4.94. The second kappa shape index (κ2) is 10.9. The zero-order valence-corrected chi connectivity index (χ0v) is 19.9. The van der Waals surface area contributed by atoms with Crippen molar-refractivity contribution in [3.05, 3.63) is 58.6 Å². The number of halogens is 1. The summed E-state index contributed by atoms with van der Waals surface area (Å²) in [6.07, 6.45) is 1.24. The van der Waals surface area contributed by atoms with Crippen LogP contribution in [0.4, 0.5) is 0 Å². The van der Waals surface area contributed by atoms with Crippen molar-refractivity contribution in [1.82, 2.24) is 5.43 Å². The molecule has 3 aromatic carbocycles. The molecule has 7 nitrogen and oxygen atoms in total. The number of fused-ring (bicyclic) bond motifs is 1. The van der Waals surface area contributed by atoms with Gasteiger partial charge in [0.15, 0.2) is 17.6 Å². The van der Waals surface area contributed by atoms with Crippen LogP contribution >= 0.6 is 15.9 Å². The molecule has 0 bridgehead atoms. The maximum atomic E-state index is 12.7. The first kappa shape index (κ1) is 23.4. The van der Waals surface area contributed by atoms with Crippen molar-refractivity contribution < 1.29 is 23.7 Å². The molecule has 1 N–H and O–H groups in total. The fourth-order valence-electron chi connectivity index (χ4n) is 3.17. The molecule has 0 spiro atoms. The lowest BCUT2D eigenvalue weighted by Crippen LogP contribution is -2.35. The van der Waals surface area contributed by atoms with Gasteiger partial charge >= 0.3 is 0 Å². The molecule has 0 aromatic heterocycles. The third kappa shape index (κ3) is 5.13. The maximum absolute atomic E-state index is 12.7. The highest BCUT2D eigenvalue weighted by molar-refractivity contribution is 9.10. The van der Waals surface area contributed by atoms with Gasteiger partial charge in [0.25, 0.3) is 5.91 Å². The van der Waals surface area contributed by atoms with Crippen LogP contribution in [0.2, 0.25) is 0 Å². The largest absolute Gasteiger partial charge is 0.496 e. The smallest absolute Gasteiger partial charge is 0.281 e. The van der Waals surface area contributed by atoms with E-state index in [4.69, 9.17) is 18.9 Å². The Morgan fingerprint density at radius 2 is 1.69 bits per heavy atom. The first-order valence-corrected chi connectivity index (χ1v) is 10.8. The van der Waals surface area contributed by atoms with E-state index in [2.05, 4.69) is 26.5 Å². The summed E-state index contributed by atoms with van der Waals surface area (Å²) in [7, 11) is 4.63. The van der Waals surface area contributed by atoms with Gasteiger partial charge in [-0.3, -0.25) is 4.79 Å². The third-order valence-electron chi connectivity index (χ3n) is 4.87. The molecule has 0 radical (unpaired) electrons. The number of benzene rings is 3. The molecule has 0 saturated carbocycles. The minimum atomic E-state index is -0.711. The molecule has 3 aromatic rings. The van der Waals surface area contributed by atoms with E-state index in [-0.39, 0.29) is 5.91 Å². The van der Waals surface area contributed by atoms with E-state index in [9.17, 15) is 4.79 Å². The zero-order chi connectivity index (χ0) is 23.1. The normalized spacial score (nSPS) is 11.9. The summed E-state index contributed by atoms with van der Waals surface area (Å²) in [5.74, 6) is 1.83. The Morgan fingerprint density at radius 1 is 1.00 bits per heavy atom. The molecule has 1 atom stereocenters. The Labute approximate surface area is 195 Å². The zero-order valence-electron chi connectivity index (χ0n) is 18.3. The number of hydrogen-bond acceptors (Lipinski definition) is 6. The number of methoxy groups -OCH3 is 3. The molecule has 3 rings (SSSR count). The number of hydrazone groups is 1. The SMILES string of the molecule is CC[C@@H](Oc1ccc2ccccc2c1Br)C(=O)N/N=C\c1cc(OC)c(OC)cc1OC. The van der Waals surface area contributed by atoms with Gasteiger partial charge in [0, 0.05) is 11.6 Å². The summed E-state index contributed by atoms with van der Waals surface area (Å²) >= 11 is 3.59. The van der Waals surface area contributed by atoms with E-state index in [1.54, 1.807) is 33.5 Å². The van der Waals surface area contributed by atoms with Crippen molar-refractivity contribution in [2.24, 2.45) is 5.10 Å². The van der Waals surface area contributed by atoms with E-state index in [1.165, 1.54) is 6.21 Å². The Morgan fingerprint density at radius 3 is 2.38 bits per heavy atom. The molecule has 0 unspecified atom stereocenters. The van der Waals surface area contributed by atoms with Gasteiger partial charge in [-0.25, -0.2) is 5.43 Å². The van der Waals surface area contributed by atoms with Crippen molar-refractivity contribution in [2.45, 2.75) is 19.4 Å². The number of rotatable bonds is 9. The van der Waals surface area contributed by atoms with Gasteiger partial charge in [0.05, 0.1) is 32.0 Å². The molecule has 0 aliphatic heterocycles. The molecule has 0 aliphatic rings. The van der Waals surface area contributed by atoms with Crippen molar-refractivity contribution in [2.75, 3.05) is 21.3 Å². The maximum Gasteiger partial charge on any atom is 0.281 e. The van der Waals surface area contributed by atoms with Gasteiger partial charge < -0.3 is 18.9 Å². The molecular weight excluding hydrogens is 476 g/mol. The molecule has 1 amide bonds. The number of ether oxygens (including phenoxy) is 4. The van der Waals surface area contributed by atoms with E-state index in [1.807, 2.05) is 43.3 Å². The molecule has 8 heteroatoms. The molecule has 0 saturated heterocycles. The van der Waals surface area contributed by atoms with Crippen LogP contribution in [0.15, 0.2) is 58.1 Å². The fraction of sp³-hybridized carbons (Fsp3) is 0.250. The highest BCUT2D eigenvalue weighted by Gasteiger charge is 2.20. The van der Waals surface area contributed by atoms with Crippen LogP contribution < -0.4 is 24.4 Å². The van der Waals surface area contributed by atoms with E-state index < -0.39 is 6.10 Å². The molecule has 0 fully saturated rings.